The third kappa shape index (κ3) is 2.61. The van der Waals surface area contributed by atoms with E-state index in [-0.39, 0.29) is 17.7 Å². The number of carbonyl (C=O) groups excluding carboxylic acids is 1. The van der Waals surface area contributed by atoms with E-state index >= 15 is 0 Å². The molecule has 2 N–H and O–H groups in total. The van der Waals surface area contributed by atoms with Gasteiger partial charge in [-0.2, -0.15) is 0 Å². The number of benzene rings is 1. The Morgan fingerprint density at radius 1 is 1.26 bits per heavy atom. The van der Waals surface area contributed by atoms with Crippen LogP contribution in [-0.2, 0) is 11.3 Å². The molecule has 0 spiro atoms. The zero-order valence-corrected chi connectivity index (χ0v) is 12.3. The number of aromatic hydroxyl groups is 1. The van der Waals surface area contributed by atoms with Crippen LogP contribution in [0.15, 0.2) is 36.8 Å². The minimum absolute atomic E-state index is 0.0929. The van der Waals surface area contributed by atoms with E-state index in [1.54, 1.807) is 36.8 Å². The molecule has 116 valence electrons. The van der Waals surface area contributed by atoms with E-state index in [0.29, 0.717) is 24.3 Å². The molecule has 7 heteroatoms. The average molecular weight is 309 g/mol. The highest BCUT2D eigenvalue weighted by Crippen LogP contribution is 2.21. The summed E-state index contributed by atoms with van der Waals surface area (Å²) >= 11 is 0. The van der Waals surface area contributed by atoms with Gasteiger partial charge in [0.15, 0.2) is 11.3 Å². The van der Waals surface area contributed by atoms with Gasteiger partial charge < -0.3 is 15.0 Å². The molecule has 0 bridgehead atoms. The van der Waals surface area contributed by atoms with Crippen LogP contribution in [0.3, 0.4) is 0 Å². The molecule has 7 nitrogen and oxygen atoms in total. The lowest BCUT2D eigenvalue weighted by Crippen LogP contribution is -2.29. The van der Waals surface area contributed by atoms with Crippen LogP contribution >= 0.6 is 0 Å². The third-order valence-electron chi connectivity index (χ3n) is 3.99. The highest BCUT2D eigenvalue weighted by atomic mass is 16.3. The van der Waals surface area contributed by atoms with E-state index in [1.807, 2.05) is 4.57 Å². The minimum Gasteiger partial charge on any atom is -0.508 e. The maximum atomic E-state index is 11.3. The number of amides is 1. The summed E-state index contributed by atoms with van der Waals surface area (Å²) in [5.74, 6) is 0.306. The first-order chi connectivity index (χ1) is 11.2. The van der Waals surface area contributed by atoms with Crippen LogP contribution in [0.2, 0.25) is 0 Å². The summed E-state index contributed by atoms with van der Waals surface area (Å²) in [5, 5.41) is 12.3. The number of imidazole rings is 1. The van der Waals surface area contributed by atoms with Crippen LogP contribution in [0.5, 0.6) is 5.75 Å². The van der Waals surface area contributed by atoms with Crippen LogP contribution in [0.25, 0.3) is 22.6 Å². The smallest absolute Gasteiger partial charge is 0.220 e. The molecule has 0 saturated carbocycles. The Morgan fingerprint density at radius 3 is 2.83 bits per heavy atom. The van der Waals surface area contributed by atoms with Crippen molar-refractivity contribution >= 4 is 17.2 Å². The van der Waals surface area contributed by atoms with Gasteiger partial charge >= 0.3 is 0 Å². The summed E-state index contributed by atoms with van der Waals surface area (Å²) in [6.07, 6.45) is 4.77. The normalized spacial score (nSPS) is 17.6. The van der Waals surface area contributed by atoms with Crippen molar-refractivity contribution in [1.82, 2.24) is 24.8 Å². The Balaban J connectivity index is 1.68. The predicted octanol–water partition coefficient (Wildman–Crippen LogP) is 1.48. The van der Waals surface area contributed by atoms with Gasteiger partial charge in [0.25, 0.3) is 0 Å². The van der Waals surface area contributed by atoms with Crippen molar-refractivity contribution < 1.29 is 9.90 Å². The summed E-state index contributed by atoms with van der Waals surface area (Å²) in [5.41, 5.74) is 2.86. The van der Waals surface area contributed by atoms with Gasteiger partial charge in [-0.3, -0.25) is 4.79 Å². The maximum Gasteiger partial charge on any atom is 0.220 e. The van der Waals surface area contributed by atoms with Crippen molar-refractivity contribution in [2.45, 2.75) is 25.4 Å². The number of phenols is 1. The summed E-state index contributed by atoms with van der Waals surface area (Å²) in [6.45, 7) is 0.635. The van der Waals surface area contributed by atoms with Crippen molar-refractivity contribution in [1.29, 1.82) is 0 Å². The quantitative estimate of drug-likeness (QED) is 0.764. The molecule has 3 heterocycles. The fourth-order valence-electron chi connectivity index (χ4n) is 2.79. The molecular formula is C16H15N5O2. The van der Waals surface area contributed by atoms with E-state index < -0.39 is 0 Å². The van der Waals surface area contributed by atoms with E-state index in [9.17, 15) is 9.90 Å². The molecule has 1 aromatic carbocycles. The maximum absolute atomic E-state index is 11.3. The highest BCUT2D eigenvalue weighted by Gasteiger charge is 2.22. The van der Waals surface area contributed by atoms with Gasteiger partial charge in [-0.15, -0.1) is 0 Å². The summed E-state index contributed by atoms with van der Waals surface area (Å²) < 4.78 is 1.92. The van der Waals surface area contributed by atoms with Gasteiger partial charge in [0.2, 0.25) is 5.91 Å². The fourth-order valence-corrected chi connectivity index (χ4v) is 2.79. The summed E-state index contributed by atoms with van der Waals surface area (Å²) in [4.78, 5) is 24.6. The third-order valence-corrected chi connectivity index (χ3v) is 3.99. The number of rotatable bonds is 3. The number of hydrogen-bond donors (Lipinski definition) is 2. The van der Waals surface area contributed by atoms with Crippen molar-refractivity contribution in [3.63, 3.8) is 0 Å². The lowest BCUT2D eigenvalue weighted by atomic mass is 10.1. The molecule has 23 heavy (non-hydrogen) atoms. The lowest BCUT2D eigenvalue weighted by Gasteiger charge is -2.11. The molecule has 1 unspecified atom stereocenters. The Hall–Kier alpha value is -2.96. The largest absolute Gasteiger partial charge is 0.508 e. The lowest BCUT2D eigenvalue weighted by molar-refractivity contribution is -0.119. The Bertz CT molecular complexity index is 872. The Morgan fingerprint density at radius 2 is 2.09 bits per heavy atom. The SMILES string of the molecule is O=C1CCC(Cn2cnc3ncc(-c4ccc(O)cc4)nc32)N1. The number of carbonyl (C=O) groups is 1. The minimum atomic E-state index is 0.0929. The fraction of sp³-hybridized carbons (Fsp3) is 0.250. The van der Waals surface area contributed by atoms with E-state index in [1.165, 1.54) is 0 Å². The Kier molecular flexibility index (Phi) is 3.18. The topological polar surface area (TPSA) is 92.9 Å². The number of phenolic OH excluding ortho intramolecular Hbond substituents is 1. The van der Waals surface area contributed by atoms with Crippen LogP contribution in [0.4, 0.5) is 0 Å². The monoisotopic (exact) mass is 309 g/mol. The summed E-state index contributed by atoms with van der Waals surface area (Å²) in [7, 11) is 0. The Labute approximate surface area is 132 Å². The van der Waals surface area contributed by atoms with Crippen molar-refractivity contribution in [3.05, 3.63) is 36.8 Å². The number of nitrogens with zero attached hydrogens (tertiary/aromatic N) is 4. The van der Waals surface area contributed by atoms with Gasteiger partial charge in [0.05, 0.1) is 18.2 Å². The van der Waals surface area contributed by atoms with Crippen molar-refractivity contribution in [2.24, 2.45) is 0 Å². The van der Waals surface area contributed by atoms with Crippen LogP contribution < -0.4 is 5.32 Å². The number of aromatic nitrogens is 4. The van der Waals surface area contributed by atoms with E-state index in [0.717, 1.165) is 17.7 Å². The van der Waals surface area contributed by atoms with Crippen LogP contribution in [0.1, 0.15) is 12.8 Å². The van der Waals surface area contributed by atoms with Crippen LogP contribution in [0, 0.1) is 0 Å². The zero-order chi connectivity index (χ0) is 15.8. The van der Waals surface area contributed by atoms with Gasteiger partial charge in [0.1, 0.15) is 5.75 Å². The molecule has 1 fully saturated rings. The molecule has 3 aromatic rings. The van der Waals surface area contributed by atoms with Crippen molar-refractivity contribution in [2.75, 3.05) is 0 Å². The van der Waals surface area contributed by atoms with E-state index in [4.69, 9.17) is 0 Å². The standard InChI is InChI=1S/C16H15N5O2/c22-12-4-1-10(2-5-12)13-7-17-15-16(20-13)21(9-18-15)8-11-3-6-14(23)19-11/h1-2,4-5,7,9,11,22H,3,6,8H2,(H,19,23). The number of hydrogen-bond acceptors (Lipinski definition) is 5. The van der Waals surface area contributed by atoms with Gasteiger partial charge in [0, 0.05) is 24.6 Å². The number of nitrogens with one attached hydrogen (secondary N) is 1. The molecule has 1 aliphatic rings. The summed E-state index contributed by atoms with van der Waals surface area (Å²) in [6, 6.07) is 6.93. The van der Waals surface area contributed by atoms with Crippen molar-refractivity contribution in [3.8, 4) is 17.0 Å². The molecule has 1 saturated heterocycles. The van der Waals surface area contributed by atoms with Gasteiger partial charge in [-0.25, -0.2) is 15.0 Å². The first-order valence-corrected chi connectivity index (χ1v) is 7.46. The second kappa shape index (κ2) is 5.35. The molecular weight excluding hydrogens is 294 g/mol. The van der Waals surface area contributed by atoms with Gasteiger partial charge in [-0.1, -0.05) is 0 Å². The molecule has 0 aliphatic carbocycles. The zero-order valence-electron chi connectivity index (χ0n) is 12.3. The molecule has 0 radical (unpaired) electrons. The predicted molar refractivity (Wildman–Crippen MR) is 83.6 cm³/mol. The second-order valence-electron chi connectivity index (χ2n) is 5.65. The number of fused-ring (bicyclic) bond motifs is 1. The molecule has 4 rings (SSSR count). The highest BCUT2D eigenvalue weighted by molar-refractivity contribution is 5.78. The van der Waals surface area contributed by atoms with Gasteiger partial charge in [-0.05, 0) is 30.7 Å². The first-order valence-electron chi connectivity index (χ1n) is 7.46. The molecule has 2 aromatic heterocycles. The molecule has 1 aliphatic heterocycles. The van der Waals surface area contributed by atoms with E-state index in [2.05, 4.69) is 20.3 Å². The first kappa shape index (κ1) is 13.7. The average Bonchev–Trinajstić information content (AvgIpc) is 3.15. The second-order valence-corrected chi connectivity index (χ2v) is 5.65. The molecule has 1 atom stereocenters. The van der Waals surface area contributed by atoms with Crippen LogP contribution in [-0.4, -0.2) is 36.6 Å². The molecule has 1 amide bonds.